The van der Waals surface area contributed by atoms with Crippen LogP contribution in [0, 0.1) is 17.8 Å². The van der Waals surface area contributed by atoms with Crippen molar-refractivity contribution in [3.05, 3.63) is 23.5 Å². The Bertz CT molecular complexity index is 449. The standard InChI is InChI=1S/C13H15ClN2O/c14-12-11(2-1-5-15-12)16-13(17)10-7-8-3-4-9(10)6-8/h1-2,5,8-10H,3-4,6-7H2,(H,16,17)/t8-,9-,10-/m1/s1. The Kier molecular flexibility index (Phi) is 2.79. The van der Waals surface area contributed by atoms with Gasteiger partial charge in [0.1, 0.15) is 0 Å². The summed E-state index contributed by atoms with van der Waals surface area (Å²) in [6, 6.07) is 3.57. The van der Waals surface area contributed by atoms with Crippen LogP contribution in [0.5, 0.6) is 0 Å². The fourth-order valence-electron chi connectivity index (χ4n) is 3.27. The smallest absolute Gasteiger partial charge is 0.227 e. The maximum Gasteiger partial charge on any atom is 0.227 e. The quantitative estimate of drug-likeness (QED) is 0.820. The molecule has 1 heterocycles. The van der Waals surface area contributed by atoms with Crippen molar-refractivity contribution in [1.82, 2.24) is 4.98 Å². The van der Waals surface area contributed by atoms with Crippen molar-refractivity contribution < 1.29 is 4.79 Å². The minimum Gasteiger partial charge on any atom is -0.323 e. The molecule has 1 amide bonds. The molecule has 4 heteroatoms. The average Bonchev–Trinajstić information content (AvgIpc) is 2.94. The van der Waals surface area contributed by atoms with E-state index in [4.69, 9.17) is 11.6 Å². The van der Waals surface area contributed by atoms with E-state index in [0.717, 1.165) is 12.3 Å². The van der Waals surface area contributed by atoms with E-state index < -0.39 is 0 Å². The first-order chi connectivity index (χ1) is 8.24. The lowest BCUT2D eigenvalue weighted by Gasteiger charge is -2.20. The third-order valence-electron chi connectivity index (χ3n) is 4.09. The molecule has 0 unspecified atom stereocenters. The van der Waals surface area contributed by atoms with Gasteiger partial charge in [0.15, 0.2) is 5.15 Å². The molecule has 3 nitrogen and oxygen atoms in total. The Morgan fingerprint density at radius 3 is 2.94 bits per heavy atom. The molecule has 1 aromatic rings. The monoisotopic (exact) mass is 250 g/mol. The molecule has 2 aliphatic rings. The third kappa shape index (κ3) is 2.04. The van der Waals surface area contributed by atoms with Crippen LogP contribution in [-0.4, -0.2) is 10.9 Å². The molecule has 2 bridgehead atoms. The average molecular weight is 251 g/mol. The van der Waals surface area contributed by atoms with Crippen molar-refractivity contribution in [2.75, 3.05) is 5.32 Å². The number of aromatic nitrogens is 1. The topological polar surface area (TPSA) is 42.0 Å². The maximum atomic E-state index is 12.2. The summed E-state index contributed by atoms with van der Waals surface area (Å²) in [6.07, 6.45) is 6.42. The van der Waals surface area contributed by atoms with Crippen LogP contribution in [-0.2, 0) is 4.79 Å². The number of carbonyl (C=O) groups excluding carboxylic acids is 1. The lowest BCUT2D eigenvalue weighted by molar-refractivity contribution is -0.121. The van der Waals surface area contributed by atoms with Gasteiger partial charge < -0.3 is 5.32 Å². The van der Waals surface area contributed by atoms with Gasteiger partial charge in [-0.15, -0.1) is 0 Å². The Morgan fingerprint density at radius 2 is 2.29 bits per heavy atom. The Morgan fingerprint density at radius 1 is 1.41 bits per heavy atom. The van der Waals surface area contributed by atoms with Gasteiger partial charge in [-0.2, -0.15) is 0 Å². The fourth-order valence-corrected chi connectivity index (χ4v) is 3.44. The number of hydrogen-bond acceptors (Lipinski definition) is 2. The summed E-state index contributed by atoms with van der Waals surface area (Å²) in [5.74, 6) is 1.67. The normalized spacial score (nSPS) is 30.5. The summed E-state index contributed by atoms with van der Waals surface area (Å²) in [6.45, 7) is 0. The number of nitrogens with zero attached hydrogens (tertiary/aromatic N) is 1. The lowest BCUT2D eigenvalue weighted by atomic mass is 9.88. The van der Waals surface area contributed by atoms with Crippen LogP contribution in [0.2, 0.25) is 5.15 Å². The molecule has 3 rings (SSSR count). The number of fused-ring (bicyclic) bond motifs is 2. The van der Waals surface area contributed by atoms with E-state index in [9.17, 15) is 4.79 Å². The molecule has 2 aliphatic carbocycles. The molecule has 3 atom stereocenters. The molecule has 2 fully saturated rings. The van der Waals surface area contributed by atoms with E-state index in [1.165, 1.54) is 19.3 Å². The highest BCUT2D eigenvalue weighted by Crippen LogP contribution is 2.48. The van der Waals surface area contributed by atoms with E-state index in [1.807, 2.05) is 0 Å². The van der Waals surface area contributed by atoms with Gasteiger partial charge in [0.2, 0.25) is 5.91 Å². The molecule has 17 heavy (non-hydrogen) atoms. The highest BCUT2D eigenvalue weighted by Gasteiger charge is 2.43. The highest BCUT2D eigenvalue weighted by atomic mass is 35.5. The summed E-state index contributed by atoms with van der Waals surface area (Å²) in [7, 11) is 0. The number of nitrogens with one attached hydrogen (secondary N) is 1. The number of amides is 1. The number of halogens is 1. The van der Waals surface area contributed by atoms with Crippen LogP contribution in [0.4, 0.5) is 5.69 Å². The maximum absolute atomic E-state index is 12.2. The van der Waals surface area contributed by atoms with Crippen LogP contribution >= 0.6 is 11.6 Å². The highest BCUT2D eigenvalue weighted by molar-refractivity contribution is 6.32. The number of anilines is 1. The van der Waals surface area contributed by atoms with Crippen molar-refractivity contribution in [3.63, 3.8) is 0 Å². The van der Waals surface area contributed by atoms with E-state index in [0.29, 0.717) is 16.8 Å². The second-order valence-electron chi connectivity index (χ2n) is 5.11. The first-order valence-corrected chi connectivity index (χ1v) is 6.53. The summed E-state index contributed by atoms with van der Waals surface area (Å²) in [5.41, 5.74) is 0.627. The number of rotatable bonds is 2. The molecule has 0 saturated heterocycles. The van der Waals surface area contributed by atoms with Crippen molar-refractivity contribution in [3.8, 4) is 0 Å². The van der Waals surface area contributed by atoms with E-state index >= 15 is 0 Å². The van der Waals surface area contributed by atoms with Crippen molar-refractivity contribution in [1.29, 1.82) is 0 Å². The molecule has 0 aliphatic heterocycles. The van der Waals surface area contributed by atoms with Gasteiger partial charge in [-0.25, -0.2) is 4.98 Å². The Labute approximate surface area is 106 Å². The third-order valence-corrected chi connectivity index (χ3v) is 4.39. The number of hydrogen-bond donors (Lipinski definition) is 1. The molecule has 1 aromatic heterocycles. The summed E-state index contributed by atoms with van der Waals surface area (Å²) in [5, 5.41) is 3.27. The second-order valence-corrected chi connectivity index (χ2v) is 5.47. The van der Waals surface area contributed by atoms with E-state index in [-0.39, 0.29) is 11.8 Å². The molecule has 2 saturated carbocycles. The van der Waals surface area contributed by atoms with Gasteiger partial charge in [-0.1, -0.05) is 18.0 Å². The molecule has 1 N–H and O–H groups in total. The minimum atomic E-state index is 0.118. The van der Waals surface area contributed by atoms with E-state index in [2.05, 4.69) is 10.3 Å². The second kappa shape index (κ2) is 4.30. The lowest BCUT2D eigenvalue weighted by Crippen LogP contribution is -2.27. The van der Waals surface area contributed by atoms with Crippen LogP contribution in [0.25, 0.3) is 0 Å². The van der Waals surface area contributed by atoms with Crippen LogP contribution in [0.3, 0.4) is 0 Å². The molecule has 90 valence electrons. The predicted molar refractivity (Wildman–Crippen MR) is 66.8 cm³/mol. The summed E-state index contributed by atoms with van der Waals surface area (Å²) < 4.78 is 0. The van der Waals surface area contributed by atoms with Crippen LogP contribution < -0.4 is 5.32 Å². The van der Waals surface area contributed by atoms with E-state index in [1.54, 1.807) is 18.3 Å². The molecule has 0 radical (unpaired) electrons. The van der Waals surface area contributed by atoms with Crippen molar-refractivity contribution in [2.24, 2.45) is 17.8 Å². The van der Waals surface area contributed by atoms with Crippen LogP contribution in [0.15, 0.2) is 18.3 Å². The largest absolute Gasteiger partial charge is 0.323 e. The summed E-state index contributed by atoms with van der Waals surface area (Å²) in [4.78, 5) is 16.1. The SMILES string of the molecule is O=C(Nc1cccnc1Cl)[C@@H]1C[C@@H]2CC[C@@H]1C2. The van der Waals surface area contributed by atoms with Gasteiger partial charge in [0, 0.05) is 12.1 Å². The zero-order chi connectivity index (χ0) is 11.8. The van der Waals surface area contributed by atoms with Gasteiger partial charge in [-0.3, -0.25) is 4.79 Å². The van der Waals surface area contributed by atoms with Crippen LogP contribution in [0.1, 0.15) is 25.7 Å². The van der Waals surface area contributed by atoms with Crippen molar-refractivity contribution in [2.45, 2.75) is 25.7 Å². The zero-order valence-corrected chi connectivity index (χ0v) is 10.3. The molecular weight excluding hydrogens is 236 g/mol. The van der Waals surface area contributed by atoms with Gasteiger partial charge in [0.05, 0.1) is 5.69 Å². The number of carbonyl (C=O) groups is 1. The zero-order valence-electron chi connectivity index (χ0n) is 9.53. The molecule has 0 aromatic carbocycles. The molecular formula is C13H15ClN2O. The predicted octanol–water partition coefficient (Wildman–Crippen LogP) is 3.11. The molecule has 0 spiro atoms. The van der Waals surface area contributed by atoms with Gasteiger partial charge in [0.25, 0.3) is 0 Å². The summed E-state index contributed by atoms with van der Waals surface area (Å²) >= 11 is 5.93. The van der Waals surface area contributed by atoms with Gasteiger partial charge >= 0.3 is 0 Å². The number of pyridine rings is 1. The van der Waals surface area contributed by atoms with Crippen molar-refractivity contribution >= 4 is 23.2 Å². The fraction of sp³-hybridized carbons (Fsp3) is 0.538. The minimum absolute atomic E-state index is 0.118. The first-order valence-electron chi connectivity index (χ1n) is 6.15. The Hall–Kier alpha value is -1.09. The van der Waals surface area contributed by atoms with Gasteiger partial charge in [-0.05, 0) is 43.2 Å². The first kappa shape index (κ1) is 11.0. The Balaban J connectivity index is 1.70.